The van der Waals surface area contributed by atoms with E-state index in [1.54, 1.807) is 54.7 Å². The van der Waals surface area contributed by atoms with Crippen molar-refractivity contribution in [3.63, 3.8) is 0 Å². The van der Waals surface area contributed by atoms with E-state index >= 15 is 0 Å². The maximum atomic E-state index is 13.4. The molecule has 0 saturated heterocycles. The molecule has 0 fully saturated rings. The van der Waals surface area contributed by atoms with Crippen molar-refractivity contribution in [3.05, 3.63) is 88.7 Å². The molecule has 184 valence electrons. The van der Waals surface area contributed by atoms with E-state index in [4.69, 9.17) is 9.54 Å². The van der Waals surface area contributed by atoms with Crippen LogP contribution in [0.2, 0.25) is 0 Å². The van der Waals surface area contributed by atoms with Crippen molar-refractivity contribution in [1.82, 2.24) is 4.98 Å². The Morgan fingerprint density at radius 1 is 0.971 bits per heavy atom. The summed E-state index contributed by atoms with van der Waals surface area (Å²) in [5, 5.41) is 4.66. The Bertz CT molecular complexity index is 1470. The van der Waals surface area contributed by atoms with Crippen molar-refractivity contribution in [3.8, 4) is 9.88 Å². The summed E-state index contributed by atoms with van der Waals surface area (Å²) in [5.74, 6) is -0.0858. The van der Waals surface area contributed by atoms with E-state index in [2.05, 4.69) is 0 Å². The lowest BCUT2D eigenvalue weighted by molar-refractivity contribution is 0.489. The van der Waals surface area contributed by atoms with E-state index in [9.17, 15) is 16.8 Å². The first kappa shape index (κ1) is 25.3. The average Bonchev–Trinajstić information content (AvgIpc) is 3.52. The molecular formula is C23H23N3O5S4. The first-order valence-electron chi connectivity index (χ1n) is 10.6. The second-order valence-electron chi connectivity index (χ2n) is 7.58. The molecule has 0 radical (unpaired) electrons. The van der Waals surface area contributed by atoms with Gasteiger partial charge in [0.25, 0.3) is 0 Å². The van der Waals surface area contributed by atoms with Gasteiger partial charge in [-0.05, 0) is 54.6 Å². The van der Waals surface area contributed by atoms with E-state index in [0.29, 0.717) is 17.8 Å². The van der Waals surface area contributed by atoms with Crippen LogP contribution in [0.25, 0.3) is 9.88 Å². The highest BCUT2D eigenvalue weighted by molar-refractivity contribution is 7.92. The topological polar surface area (TPSA) is 117 Å². The highest BCUT2D eigenvalue weighted by atomic mass is 32.2. The van der Waals surface area contributed by atoms with Crippen molar-refractivity contribution in [1.29, 1.82) is 0 Å². The first-order chi connectivity index (χ1) is 16.7. The van der Waals surface area contributed by atoms with Crippen molar-refractivity contribution in [2.75, 3.05) is 14.8 Å². The molecule has 35 heavy (non-hydrogen) atoms. The third-order valence-electron chi connectivity index (χ3n) is 5.18. The Morgan fingerprint density at radius 2 is 1.69 bits per heavy atom. The molecule has 2 N–H and O–H groups in total. The number of para-hydroxylation sites is 1. The van der Waals surface area contributed by atoms with Gasteiger partial charge in [-0.25, -0.2) is 13.4 Å². The zero-order valence-corrected chi connectivity index (χ0v) is 21.9. The number of hydrogen-bond donors (Lipinski definition) is 2. The van der Waals surface area contributed by atoms with Gasteiger partial charge in [0, 0.05) is 5.38 Å². The molecule has 8 nitrogen and oxygen atoms in total. The average molecular weight is 550 g/mol. The predicted octanol–water partition coefficient (Wildman–Crippen LogP) is 5.23. The SMILES string of the molecule is CCS(=O)(=O)N(c1ccccc1)C(Cc1ccc(NS(=O)(=O)O)cc1)c1csc(-c2cccs2)n1. The molecule has 0 amide bonds. The number of anilines is 2. The maximum Gasteiger partial charge on any atom is 0.357 e. The fourth-order valence-electron chi connectivity index (χ4n) is 3.59. The molecule has 4 aromatic rings. The van der Waals surface area contributed by atoms with Gasteiger partial charge in [-0.15, -0.1) is 22.7 Å². The minimum atomic E-state index is -4.39. The monoisotopic (exact) mass is 549 g/mol. The Kier molecular flexibility index (Phi) is 7.57. The number of rotatable bonds is 10. The molecule has 0 spiro atoms. The van der Waals surface area contributed by atoms with Crippen LogP contribution >= 0.6 is 22.7 Å². The number of nitrogens with one attached hydrogen (secondary N) is 1. The van der Waals surface area contributed by atoms with Gasteiger partial charge in [-0.2, -0.15) is 8.42 Å². The number of aromatic nitrogens is 1. The van der Waals surface area contributed by atoms with Crippen LogP contribution in [0.3, 0.4) is 0 Å². The summed E-state index contributed by atoms with van der Waals surface area (Å²) in [6, 6.07) is 18.6. The molecule has 0 bridgehead atoms. The van der Waals surface area contributed by atoms with Crippen molar-refractivity contribution in [2.24, 2.45) is 0 Å². The summed E-state index contributed by atoms with van der Waals surface area (Å²) in [7, 11) is -8.07. The van der Waals surface area contributed by atoms with E-state index in [0.717, 1.165) is 15.4 Å². The highest BCUT2D eigenvalue weighted by Crippen LogP contribution is 2.36. The molecule has 4 rings (SSSR count). The number of thiophene rings is 1. The van der Waals surface area contributed by atoms with Crippen LogP contribution in [-0.2, 0) is 26.7 Å². The molecule has 0 aliphatic rings. The predicted molar refractivity (Wildman–Crippen MR) is 142 cm³/mol. The third-order valence-corrected chi connectivity index (χ3v) is 9.37. The van der Waals surface area contributed by atoms with Crippen LogP contribution in [0.4, 0.5) is 11.4 Å². The minimum absolute atomic E-state index is 0.0858. The summed E-state index contributed by atoms with van der Waals surface area (Å²) in [4.78, 5) is 5.81. The second kappa shape index (κ2) is 10.5. The summed E-state index contributed by atoms with van der Waals surface area (Å²) < 4.78 is 61.3. The van der Waals surface area contributed by atoms with Gasteiger partial charge in [-0.1, -0.05) is 36.4 Å². The third kappa shape index (κ3) is 6.27. The molecule has 0 saturated carbocycles. The Labute approximate surface area is 212 Å². The largest absolute Gasteiger partial charge is 0.357 e. The summed E-state index contributed by atoms with van der Waals surface area (Å²) in [6.45, 7) is 1.61. The van der Waals surface area contributed by atoms with Gasteiger partial charge in [0.15, 0.2) is 0 Å². The Balaban J connectivity index is 1.77. The lowest BCUT2D eigenvalue weighted by atomic mass is 10.0. The summed E-state index contributed by atoms with van der Waals surface area (Å²) in [6.07, 6.45) is 0.299. The molecule has 1 unspecified atom stereocenters. The summed E-state index contributed by atoms with van der Waals surface area (Å²) >= 11 is 3.02. The number of benzene rings is 2. The molecule has 12 heteroatoms. The fraction of sp³-hybridized carbons (Fsp3) is 0.174. The fourth-order valence-corrected chi connectivity index (χ4v) is 7.00. The van der Waals surface area contributed by atoms with Gasteiger partial charge in [0.05, 0.1) is 33.7 Å². The molecule has 2 heterocycles. The zero-order valence-electron chi connectivity index (χ0n) is 18.6. The lowest BCUT2D eigenvalue weighted by Crippen LogP contribution is -2.37. The van der Waals surface area contributed by atoms with Crippen LogP contribution in [0, 0.1) is 0 Å². The van der Waals surface area contributed by atoms with E-state index in [1.165, 1.54) is 27.8 Å². The summed E-state index contributed by atoms with van der Waals surface area (Å²) in [5.41, 5.74) is 2.13. The van der Waals surface area contributed by atoms with Crippen LogP contribution in [0.5, 0.6) is 0 Å². The van der Waals surface area contributed by atoms with Crippen LogP contribution in [-0.4, -0.2) is 32.1 Å². The standard InChI is InChI=1S/C23H23N3O5S4/c1-2-34(27,28)26(19-7-4-3-5-8-19)21(20-16-33-23(24-20)22-9-6-14-32-22)15-17-10-12-18(13-11-17)25-35(29,30)31/h3-14,16,21,25H,2,15H2,1H3,(H,29,30,31). The molecule has 0 aliphatic carbocycles. The second-order valence-corrected chi connectivity index (χ2v) is 12.7. The molecule has 0 aliphatic heterocycles. The van der Waals surface area contributed by atoms with Crippen molar-refractivity contribution >= 4 is 54.4 Å². The zero-order chi connectivity index (χ0) is 25.1. The molecular weight excluding hydrogens is 527 g/mol. The molecule has 2 aromatic carbocycles. The first-order valence-corrected chi connectivity index (χ1v) is 15.4. The van der Waals surface area contributed by atoms with E-state index < -0.39 is 26.4 Å². The van der Waals surface area contributed by atoms with Gasteiger partial charge in [0.1, 0.15) is 5.01 Å². The maximum absolute atomic E-state index is 13.4. The van der Waals surface area contributed by atoms with Gasteiger partial charge < -0.3 is 0 Å². The van der Waals surface area contributed by atoms with Gasteiger partial charge in [-0.3, -0.25) is 13.6 Å². The van der Waals surface area contributed by atoms with Crippen molar-refractivity contribution in [2.45, 2.75) is 19.4 Å². The highest BCUT2D eigenvalue weighted by Gasteiger charge is 2.32. The lowest BCUT2D eigenvalue weighted by Gasteiger charge is -2.32. The number of sulfonamides is 1. The Morgan fingerprint density at radius 3 is 2.29 bits per heavy atom. The quantitative estimate of drug-likeness (QED) is 0.262. The van der Waals surface area contributed by atoms with Gasteiger partial charge >= 0.3 is 10.3 Å². The molecule has 1 atom stereocenters. The van der Waals surface area contributed by atoms with Crippen LogP contribution in [0.15, 0.2) is 77.5 Å². The normalized spacial score (nSPS) is 12.9. The van der Waals surface area contributed by atoms with E-state index in [1.807, 2.05) is 33.7 Å². The Hall–Kier alpha value is -2.77. The number of thiazole rings is 1. The van der Waals surface area contributed by atoms with E-state index in [-0.39, 0.29) is 11.4 Å². The van der Waals surface area contributed by atoms with Gasteiger partial charge in [0.2, 0.25) is 10.0 Å². The number of hydrogen-bond acceptors (Lipinski definition) is 7. The minimum Gasteiger partial charge on any atom is -0.269 e. The number of nitrogens with zero attached hydrogens (tertiary/aromatic N) is 2. The van der Waals surface area contributed by atoms with Crippen LogP contribution in [0.1, 0.15) is 24.2 Å². The van der Waals surface area contributed by atoms with Crippen molar-refractivity contribution < 1.29 is 21.4 Å². The van der Waals surface area contributed by atoms with Crippen LogP contribution < -0.4 is 9.03 Å². The molecule has 2 aromatic heterocycles. The smallest absolute Gasteiger partial charge is 0.269 e.